The van der Waals surface area contributed by atoms with Gasteiger partial charge in [0, 0.05) is 19.7 Å². The van der Waals surface area contributed by atoms with E-state index in [1.165, 1.54) is 4.90 Å². The zero-order valence-corrected chi connectivity index (χ0v) is 13.2. The number of hydrogen-bond donors (Lipinski definition) is 1. The topological polar surface area (TPSA) is 67.9 Å². The molecule has 0 radical (unpaired) electrons. The molecule has 2 heterocycles. The number of nitrogens with one attached hydrogen (secondary N) is 1. The first kappa shape index (κ1) is 16.1. The molecule has 6 heteroatoms. The molecule has 2 aliphatic heterocycles. The minimum Gasteiger partial charge on any atom is -0.444 e. The van der Waals surface area contributed by atoms with E-state index in [-0.39, 0.29) is 12.0 Å². The van der Waals surface area contributed by atoms with Crippen LogP contribution >= 0.6 is 0 Å². The molecule has 0 unspecified atom stereocenters. The van der Waals surface area contributed by atoms with Crippen molar-refractivity contribution in [1.29, 1.82) is 0 Å². The SMILES string of the molecule is CC(C)(C)OC(=O)N1CCC[C@H]1C(=O)NC[C@H]1CCCO1. The van der Waals surface area contributed by atoms with Crippen molar-refractivity contribution in [3.8, 4) is 0 Å². The Morgan fingerprint density at radius 3 is 2.67 bits per heavy atom. The van der Waals surface area contributed by atoms with Crippen molar-refractivity contribution in [3.63, 3.8) is 0 Å². The zero-order chi connectivity index (χ0) is 15.5. The van der Waals surface area contributed by atoms with Gasteiger partial charge >= 0.3 is 6.09 Å². The second-order valence-electron chi connectivity index (χ2n) is 6.71. The number of nitrogens with zero attached hydrogens (tertiary/aromatic N) is 1. The first-order chi connectivity index (χ1) is 9.87. The van der Waals surface area contributed by atoms with Crippen LogP contribution in [-0.2, 0) is 14.3 Å². The van der Waals surface area contributed by atoms with E-state index in [1.54, 1.807) is 0 Å². The average molecular weight is 298 g/mol. The van der Waals surface area contributed by atoms with Crippen LogP contribution in [0.25, 0.3) is 0 Å². The smallest absolute Gasteiger partial charge is 0.410 e. The lowest BCUT2D eigenvalue weighted by Gasteiger charge is -2.28. The molecule has 0 bridgehead atoms. The van der Waals surface area contributed by atoms with Crippen LogP contribution in [0.15, 0.2) is 0 Å². The Hall–Kier alpha value is -1.30. The van der Waals surface area contributed by atoms with Crippen LogP contribution < -0.4 is 5.32 Å². The van der Waals surface area contributed by atoms with Crippen molar-refractivity contribution in [2.45, 2.75) is 64.2 Å². The monoisotopic (exact) mass is 298 g/mol. The summed E-state index contributed by atoms with van der Waals surface area (Å²) in [6.45, 7) is 7.35. The predicted molar refractivity (Wildman–Crippen MR) is 77.9 cm³/mol. The molecule has 0 aromatic heterocycles. The first-order valence-electron chi connectivity index (χ1n) is 7.76. The van der Waals surface area contributed by atoms with E-state index in [2.05, 4.69) is 5.32 Å². The van der Waals surface area contributed by atoms with E-state index in [0.717, 1.165) is 25.9 Å². The maximum atomic E-state index is 12.3. The summed E-state index contributed by atoms with van der Waals surface area (Å²) in [7, 11) is 0. The van der Waals surface area contributed by atoms with E-state index < -0.39 is 17.7 Å². The second kappa shape index (κ2) is 6.64. The highest BCUT2D eigenvalue weighted by Crippen LogP contribution is 2.21. The normalized spacial score (nSPS) is 26.0. The standard InChI is InChI=1S/C15H26N2O4/c1-15(2,3)21-14(19)17-8-4-7-12(17)13(18)16-10-11-6-5-9-20-11/h11-12H,4-10H2,1-3H3,(H,16,18)/t11-,12+/m1/s1. The van der Waals surface area contributed by atoms with Gasteiger partial charge < -0.3 is 14.8 Å². The lowest BCUT2D eigenvalue weighted by Crippen LogP contribution is -2.48. The van der Waals surface area contributed by atoms with Gasteiger partial charge in [0.15, 0.2) is 0 Å². The molecule has 1 N–H and O–H groups in total. The molecule has 120 valence electrons. The maximum Gasteiger partial charge on any atom is 0.410 e. The Balaban J connectivity index is 1.85. The molecule has 0 aliphatic carbocycles. The van der Waals surface area contributed by atoms with Gasteiger partial charge in [-0.3, -0.25) is 9.69 Å². The van der Waals surface area contributed by atoms with Crippen molar-refractivity contribution in [1.82, 2.24) is 10.2 Å². The Morgan fingerprint density at radius 2 is 2.05 bits per heavy atom. The van der Waals surface area contributed by atoms with Crippen LogP contribution in [0.1, 0.15) is 46.5 Å². The highest BCUT2D eigenvalue weighted by molar-refractivity contribution is 5.86. The van der Waals surface area contributed by atoms with Gasteiger partial charge in [-0.05, 0) is 46.5 Å². The van der Waals surface area contributed by atoms with E-state index in [1.807, 2.05) is 20.8 Å². The summed E-state index contributed by atoms with van der Waals surface area (Å²) < 4.78 is 10.8. The fourth-order valence-corrected chi connectivity index (χ4v) is 2.72. The summed E-state index contributed by atoms with van der Waals surface area (Å²) in [5.74, 6) is -0.103. The van der Waals surface area contributed by atoms with Gasteiger partial charge in [-0.15, -0.1) is 0 Å². The summed E-state index contributed by atoms with van der Waals surface area (Å²) in [5.41, 5.74) is -0.543. The van der Waals surface area contributed by atoms with Crippen LogP contribution in [0.2, 0.25) is 0 Å². The largest absolute Gasteiger partial charge is 0.444 e. The van der Waals surface area contributed by atoms with Gasteiger partial charge in [-0.1, -0.05) is 0 Å². The van der Waals surface area contributed by atoms with Gasteiger partial charge in [0.25, 0.3) is 0 Å². The molecule has 2 fully saturated rings. The van der Waals surface area contributed by atoms with Crippen molar-refractivity contribution >= 4 is 12.0 Å². The summed E-state index contributed by atoms with van der Waals surface area (Å²) in [6, 6.07) is -0.416. The van der Waals surface area contributed by atoms with Crippen LogP contribution in [0.3, 0.4) is 0 Å². The maximum absolute atomic E-state index is 12.3. The third kappa shape index (κ3) is 4.59. The minimum atomic E-state index is -0.543. The number of rotatable bonds is 3. The number of ether oxygens (including phenoxy) is 2. The van der Waals surface area contributed by atoms with Gasteiger partial charge in [-0.2, -0.15) is 0 Å². The second-order valence-corrected chi connectivity index (χ2v) is 6.71. The Labute approximate surface area is 126 Å². The number of hydrogen-bond acceptors (Lipinski definition) is 4. The first-order valence-corrected chi connectivity index (χ1v) is 7.76. The summed E-state index contributed by atoms with van der Waals surface area (Å²) in [4.78, 5) is 25.9. The minimum absolute atomic E-state index is 0.103. The molecule has 0 aromatic rings. The number of carbonyl (C=O) groups is 2. The van der Waals surface area contributed by atoms with Gasteiger partial charge in [0.2, 0.25) is 5.91 Å². The average Bonchev–Trinajstić information content (AvgIpc) is 3.05. The third-order valence-corrected chi connectivity index (χ3v) is 3.71. The summed E-state index contributed by atoms with van der Waals surface area (Å²) in [6.07, 6.45) is 3.27. The van der Waals surface area contributed by atoms with Crippen LogP contribution in [0, 0.1) is 0 Å². The number of likely N-dealkylation sites (tertiary alicyclic amines) is 1. The number of carbonyl (C=O) groups excluding carboxylic acids is 2. The molecule has 2 saturated heterocycles. The lowest BCUT2D eigenvalue weighted by molar-refractivity contribution is -0.126. The van der Waals surface area contributed by atoms with Gasteiger partial charge in [-0.25, -0.2) is 4.79 Å². The predicted octanol–water partition coefficient (Wildman–Crippen LogP) is 1.68. The number of amides is 2. The van der Waals surface area contributed by atoms with Crippen molar-refractivity contribution < 1.29 is 19.1 Å². The van der Waals surface area contributed by atoms with E-state index in [4.69, 9.17) is 9.47 Å². The molecular weight excluding hydrogens is 272 g/mol. The van der Waals surface area contributed by atoms with E-state index in [9.17, 15) is 9.59 Å². The van der Waals surface area contributed by atoms with Gasteiger partial charge in [0.05, 0.1) is 6.10 Å². The fourth-order valence-electron chi connectivity index (χ4n) is 2.72. The van der Waals surface area contributed by atoms with Crippen molar-refractivity contribution in [2.24, 2.45) is 0 Å². The van der Waals surface area contributed by atoms with E-state index >= 15 is 0 Å². The molecule has 2 aliphatic rings. The van der Waals surface area contributed by atoms with Crippen molar-refractivity contribution in [2.75, 3.05) is 19.7 Å². The molecule has 0 aromatic carbocycles. The van der Waals surface area contributed by atoms with Crippen LogP contribution in [0.5, 0.6) is 0 Å². The molecule has 2 rings (SSSR count). The molecular formula is C15H26N2O4. The molecule has 2 atom stereocenters. The van der Waals surface area contributed by atoms with Crippen LogP contribution in [0.4, 0.5) is 4.79 Å². The summed E-state index contributed by atoms with van der Waals surface area (Å²) in [5, 5.41) is 2.90. The third-order valence-electron chi connectivity index (χ3n) is 3.71. The highest BCUT2D eigenvalue weighted by atomic mass is 16.6. The van der Waals surface area contributed by atoms with Crippen LogP contribution in [-0.4, -0.2) is 54.3 Å². The highest BCUT2D eigenvalue weighted by Gasteiger charge is 2.36. The Kier molecular flexibility index (Phi) is 5.08. The molecule has 0 spiro atoms. The Morgan fingerprint density at radius 1 is 1.29 bits per heavy atom. The summed E-state index contributed by atoms with van der Waals surface area (Å²) >= 11 is 0. The van der Waals surface area contributed by atoms with Gasteiger partial charge in [0.1, 0.15) is 11.6 Å². The Bertz CT molecular complexity index is 386. The zero-order valence-electron chi connectivity index (χ0n) is 13.2. The molecule has 2 amide bonds. The molecule has 6 nitrogen and oxygen atoms in total. The molecule has 21 heavy (non-hydrogen) atoms. The fraction of sp³-hybridized carbons (Fsp3) is 0.867. The lowest BCUT2D eigenvalue weighted by atomic mass is 10.2. The quantitative estimate of drug-likeness (QED) is 0.861. The molecule has 0 saturated carbocycles. The van der Waals surface area contributed by atoms with Crippen molar-refractivity contribution in [3.05, 3.63) is 0 Å². The van der Waals surface area contributed by atoms with E-state index in [0.29, 0.717) is 19.5 Å².